The number of ether oxygens (including phenoxy) is 3. The number of esters is 1. The fourth-order valence-corrected chi connectivity index (χ4v) is 2.76. The van der Waals surface area contributed by atoms with Crippen LogP contribution in [0.2, 0.25) is 0 Å². The lowest BCUT2D eigenvalue weighted by molar-refractivity contribution is -0.150. The van der Waals surface area contributed by atoms with E-state index >= 15 is 0 Å². The van der Waals surface area contributed by atoms with Crippen LogP contribution < -0.4 is 14.8 Å². The van der Waals surface area contributed by atoms with Crippen LogP contribution in [0.15, 0.2) is 53.4 Å². The molecular weight excluding hydrogens is 354 g/mol. The summed E-state index contributed by atoms with van der Waals surface area (Å²) >= 11 is 1.33. The molecule has 6 nitrogen and oxygen atoms in total. The number of methoxy groups -OCH3 is 2. The van der Waals surface area contributed by atoms with Gasteiger partial charge in [0, 0.05) is 4.90 Å². The van der Waals surface area contributed by atoms with Crippen molar-refractivity contribution in [2.45, 2.75) is 17.9 Å². The normalized spacial score (nSPS) is 11.3. The number of hydrogen-bond acceptors (Lipinski definition) is 6. The molecule has 0 aromatic heterocycles. The molecule has 1 N–H and O–H groups in total. The van der Waals surface area contributed by atoms with Crippen LogP contribution in [0.4, 0.5) is 5.69 Å². The van der Waals surface area contributed by atoms with Crippen molar-refractivity contribution in [3.05, 3.63) is 48.5 Å². The number of carbonyl (C=O) groups is 2. The van der Waals surface area contributed by atoms with Gasteiger partial charge in [-0.05, 0) is 43.3 Å². The summed E-state index contributed by atoms with van der Waals surface area (Å²) in [5.41, 5.74) is 0.524. The Kier molecular flexibility index (Phi) is 7.35. The van der Waals surface area contributed by atoms with Crippen LogP contribution in [-0.2, 0) is 14.3 Å². The second kappa shape index (κ2) is 9.72. The molecule has 0 heterocycles. The summed E-state index contributed by atoms with van der Waals surface area (Å²) in [6.07, 6.45) is -0.913. The van der Waals surface area contributed by atoms with E-state index in [1.54, 1.807) is 31.4 Å². The summed E-state index contributed by atoms with van der Waals surface area (Å²) in [6, 6.07) is 14.4. The number of carbonyl (C=O) groups excluding carboxylic acids is 2. The molecule has 26 heavy (non-hydrogen) atoms. The van der Waals surface area contributed by atoms with Crippen molar-refractivity contribution in [2.75, 3.05) is 25.3 Å². The molecule has 0 fully saturated rings. The Balaban J connectivity index is 1.82. The van der Waals surface area contributed by atoms with Crippen LogP contribution in [0.5, 0.6) is 11.5 Å². The van der Waals surface area contributed by atoms with E-state index in [9.17, 15) is 9.59 Å². The predicted octanol–water partition coefficient (Wildman–Crippen LogP) is 3.37. The molecule has 2 rings (SSSR count). The molecule has 0 aliphatic heterocycles. The molecule has 0 saturated heterocycles. The monoisotopic (exact) mass is 375 g/mol. The number of thioether (sulfide) groups is 1. The number of para-hydroxylation sites is 2. The number of benzene rings is 2. The van der Waals surface area contributed by atoms with Gasteiger partial charge in [-0.25, -0.2) is 0 Å². The molecule has 7 heteroatoms. The van der Waals surface area contributed by atoms with Crippen LogP contribution >= 0.6 is 11.8 Å². The van der Waals surface area contributed by atoms with E-state index in [-0.39, 0.29) is 5.75 Å². The number of hydrogen-bond donors (Lipinski definition) is 1. The van der Waals surface area contributed by atoms with Crippen LogP contribution in [0.3, 0.4) is 0 Å². The number of amides is 1. The zero-order valence-corrected chi connectivity index (χ0v) is 15.7. The van der Waals surface area contributed by atoms with Crippen LogP contribution in [0.1, 0.15) is 6.92 Å². The highest BCUT2D eigenvalue weighted by Crippen LogP contribution is 2.24. The quantitative estimate of drug-likeness (QED) is 0.563. The molecule has 2 aromatic rings. The maximum atomic E-state index is 12.2. The van der Waals surface area contributed by atoms with Crippen LogP contribution in [0, 0.1) is 0 Å². The van der Waals surface area contributed by atoms with E-state index in [2.05, 4.69) is 5.32 Å². The average molecular weight is 375 g/mol. The van der Waals surface area contributed by atoms with Crippen molar-refractivity contribution in [2.24, 2.45) is 0 Å². The van der Waals surface area contributed by atoms with Crippen molar-refractivity contribution in [3.63, 3.8) is 0 Å². The SMILES string of the molecule is COc1ccc(SCC(=O)O[C@@H](C)C(=O)Nc2ccccc2OC)cc1. The highest BCUT2D eigenvalue weighted by atomic mass is 32.2. The van der Waals surface area contributed by atoms with E-state index < -0.39 is 18.0 Å². The van der Waals surface area contributed by atoms with Gasteiger partial charge in [-0.3, -0.25) is 9.59 Å². The zero-order chi connectivity index (χ0) is 18.9. The van der Waals surface area contributed by atoms with Crippen LogP contribution in [-0.4, -0.2) is 38.0 Å². The van der Waals surface area contributed by atoms with Gasteiger partial charge in [-0.15, -0.1) is 11.8 Å². The summed E-state index contributed by atoms with van der Waals surface area (Å²) in [7, 11) is 3.11. The van der Waals surface area contributed by atoms with E-state index in [0.717, 1.165) is 10.6 Å². The Labute approximate surface area is 156 Å². The van der Waals surface area contributed by atoms with Gasteiger partial charge in [0.25, 0.3) is 5.91 Å². The van der Waals surface area contributed by atoms with Crippen molar-refractivity contribution >= 4 is 29.3 Å². The first-order chi connectivity index (χ1) is 12.5. The largest absolute Gasteiger partial charge is 0.497 e. The molecule has 0 saturated carbocycles. The van der Waals surface area contributed by atoms with E-state index in [4.69, 9.17) is 14.2 Å². The minimum absolute atomic E-state index is 0.110. The number of nitrogens with one attached hydrogen (secondary N) is 1. The van der Waals surface area contributed by atoms with Gasteiger partial charge in [-0.1, -0.05) is 12.1 Å². The average Bonchev–Trinajstić information content (AvgIpc) is 2.67. The molecule has 1 amide bonds. The summed E-state index contributed by atoms with van der Waals surface area (Å²) in [6.45, 7) is 1.53. The smallest absolute Gasteiger partial charge is 0.317 e. The third kappa shape index (κ3) is 5.70. The highest BCUT2D eigenvalue weighted by molar-refractivity contribution is 8.00. The summed E-state index contributed by atoms with van der Waals surface area (Å²) < 4.78 is 15.4. The van der Waals surface area contributed by atoms with E-state index in [0.29, 0.717) is 11.4 Å². The molecule has 0 bridgehead atoms. The molecule has 2 aromatic carbocycles. The van der Waals surface area contributed by atoms with Crippen molar-refractivity contribution in [1.29, 1.82) is 0 Å². The van der Waals surface area contributed by atoms with Crippen LogP contribution in [0.25, 0.3) is 0 Å². The van der Waals surface area contributed by atoms with Gasteiger partial charge in [0.1, 0.15) is 11.5 Å². The zero-order valence-electron chi connectivity index (χ0n) is 14.9. The Morgan fingerprint density at radius 3 is 2.38 bits per heavy atom. The van der Waals surface area contributed by atoms with Crippen molar-refractivity contribution in [3.8, 4) is 11.5 Å². The molecular formula is C19H21NO5S. The third-order valence-electron chi connectivity index (χ3n) is 3.46. The first-order valence-corrected chi connectivity index (χ1v) is 8.92. The molecule has 0 spiro atoms. The van der Waals surface area contributed by atoms with Crippen molar-refractivity contribution in [1.82, 2.24) is 0 Å². The van der Waals surface area contributed by atoms with Gasteiger partial charge < -0.3 is 19.5 Å². The van der Waals surface area contributed by atoms with Gasteiger partial charge in [-0.2, -0.15) is 0 Å². The maximum Gasteiger partial charge on any atom is 0.317 e. The first-order valence-electron chi connectivity index (χ1n) is 7.93. The number of rotatable bonds is 8. The topological polar surface area (TPSA) is 73.9 Å². The summed E-state index contributed by atoms with van der Waals surface area (Å²) in [5.74, 6) is 0.511. The standard InChI is InChI=1S/C19H21NO5S/c1-13(19(22)20-16-6-4-5-7-17(16)24-3)25-18(21)12-26-15-10-8-14(23-2)9-11-15/h4-11,13H,12H2,1-3H3,(H,20,22)/t13-/m0/s1. The van der Waals surface area contributed by atoms with E-state index in [1.807, 2.05) is 24.3 Å². The second-order valence-electron chi connectivity index (χ2n) is 5.29. The summed E-state index contributed by atoms with van der Waals surface area (Å²) in [4.78, 5) is 25.1. The third-order valence-corrected chi connectivity index (χ3v) is 4.44. The van der Waals surface area contributed by atoms with Gasteiger partial charge in [0.15, 0.2) is 6.10 Å². The van der Waals surface area contributed by atoms with Gasteiger partial charge in [0.05, 0.1) is 25.7 Å². The summed E-state index contributed by atoms with van der Waals surface area (Å²) in [5, 5.41) is 2.69. The molecule has 0 unspecified atom stereocenters. The Bertz CT molecular complexity index is 748. The molecule has 0 radical (unpaired) electrons. The van der Waals surface area contributed by atoms with E-state index in [1.165, 1.54) is 25.8 Å². The Morgan fingerprint density at radius 1 is 1.04 bits per heavy atom. The second-order valence-corrected chi connectivity index (χ2v) is 6.33. The lowest BCUT2D eigenvalue weighted by Crippen LogP contribution is -2.30. The lowest BCUT2D eigenvalue weighted by atomic mass is 10.2. The Morgan fingerprint density at radius 2 is 1.73 bits per heavy atom. The predicted molar refractivity (Wildman–Crippen MR) is 101 cm³/mol. The van der Waals surface area contributed by atoms with Gasteiger partial charge in [0.2, 0.25) is 0 Å². The Hall–Kier alpha value is -2.67. The fraction of sp³-hybridized carbons (Fsp3) is 0.263. The van der Waals surface area contributed by atoms with Crippen molar-refractivity contribution < 1.29 is 23.8 Å². The lowest BCUT2D eigenvalue weighted by Gasteiger charge is -2.15. The number of anilines is 1. The molecule has 0 aliphatic rings. The maximum absolute atomic E-state index is 12.2. The highest BCUT2D eigenvalue weighted by Gasteiger charge is 2.19. The molecule has 1 atom stereocenters. The van der Waals surface area contributed by atoms with Gasteiger partial charge >= 0.3 is 5.97 Å². The molecule has 0 aliphatic carbocycles. The minimum Gasteiger partial charge on any atom is -0.497 e. The first kappa shape index (κ1) is 19.7. The fourth-order valence-electron chi connectivity index (χ4n) is 2.08. The minimum atomic E-state index is -0.913. The molecule has 138 valence electrons.